The lowest BCUT2D eigenvalue weighted by Gasteiger charge is -2.23. The zero-order valence-corrected chi connectivity index (χ0v) is 9.83. The van der Waals surface area contributed by atoms with E-state index >= 15 is 0 Å². The number of hydrogen-bond donors (Lipinski definition) is 0. The van der Waals surface area contributed by atoms with E-state index in [1.165, 1.54) is 6.07 Å². The maximum Gasteiger partial charge on any atom is 0.143 e. The minimum absolute atomic E-state index is 0.153. The molecule has 3 heteroatoms. The Morgan fingerprint density at radius 1 is 1.38 bits per heavy atom. The van der Waals surface area contributed by atoms with Gasteiger partial charge in [0.1, 0.15) is 17.4 Å². The van der Waals surface area contributed by atoms with Crippen LogP contribution in [-0.4, -0.2) is 13.1 Å². The monoisotopic (exact) mass is 220 g/mol. The summed E-state index contributed by atoms with van der Waals surface area (Å²) in [4.78, 5) is 2.05. The lowest BCUT2D eigenvalue weighted by atomic mass is 10.1. The van der Waals surface area contributed by atoms with Gasteiger partial charge in [-0.3, -0.25) is 0 Å². The number of hydrogen-bond acceptors (Lipinski definition) is 2. The van der Waals surface area contributed by atoms with Crippen molar-refractivity contribution in [2.45, 2.75) is 26.7 Å². The van der Waals surface area contributed by atoms with Crippen molar-refractivity contribution in [3.63, 3.8) is 0 Å². The molecule has 0 aromatic heterocycles. The Kier molecular flexibility index (Phi) is 4.78. The highest BCUT2D eigenvalue weighted by atomic mass is 19.1. The summed E-state index contributed by atoms with van der Waals surface area (Å²) in [5, 5.41) is 8.95. The van der Waals surface area contributed by atoms with Gasteiger partial charge in [-0.1, -0.05) is 19.4 Å². The van der Waals surface area contributed by atoms with E-state index in [0.717, 1.165) is 25.9 Å². The van der Waals surface area contributed by atoms with Crippen molar-refractivity contribution in [1.29, 1.82) is 5.26 Å². The summed E-state index contributed by atoms with van der Waals surface area (Å²) < 4.78 is 13.4. The van der Waals surface area contributed by atoms with Gasteiger partial charge in [0.2, 0.25) is 0 Å². The first-order valence-electron chi connectivity index (χ1n) is 5.68. The number of nitrogens with zero attached hydrogens (tertiary/aromatic N) is 2. The van der Waals surface area contributed by atoms with Crippen molar-refractivity contribution in [3.05, 3.63) is 29.6 Å². The van der Waals surface area contributed by atoms with E-state index in [4.69, 9.17) is 5.26 Å². The predicted molar refractivity (Wildman–Crippen MR) is 63.9 cm³/mol. The second-order valence-corrected chi connectivity index (χ2v) is 3.68. The molecule has 1 aromatic carbocycles. The summed E-state index contributed by atoms with van der Waals surface area (Å²) in [7, 11) is 0. The van der Waals surface area contributed by atoms with E-state index in [1.807, 2.05) is 17.9 Å². The van der Waals surface area contributed by atoms with Gasteiger partial charge < -0.3 is 4.90 Å². The summed E-state index contributed by atoms with van der Waals surface area (Å²) in [5.41, 5.74) is 0.860. The van der Waals surface area contributed by atoms with Crippen LogP contribution in [0.4, 0.5) is 10.1 Å². The fourth-order valence-electron chi connectivity index (χ4n) is 1.68. The van der Waals surface area contributed by atoms with E-state index in [0.29, 0.717) is 5.69 Å². The zero-order valence-electron chi connectivity index (χ0n) is 9.83. The summed E-state index contributed by atoms with van der Waals surface area (Å²) >= 11 is 0. The van der Waals surface area contributed by atoms with Crippen LogP contribution in [-0.2, 0) is 0 Å². The van der Waals surface area contributed by atoms with Crippen LogP contribution in [0.2, 0.25) is 0 Å². The van der Waals surface area contributed by atoms with E-state index in [2.05, 4.69) is 6.92 Å². The van der Waals surface area contributed by atoms with Gasteiger partial charge in [0.15, 0.2) is 0 Å². The fraction of sp³-hybridized carbons (Fsp3) is 0.462. The molecule has 0 atom stereocenters. The first-order valence-corrected chi connectivity index (χ1v) is 5.68. The van der Waals surface area contributed by atoms with Crippen molar-refractivity contribution in [2.24, 2.45) is 0 Å². The van der Waals surface area contributed by atoms with Crippen LogP contribution < -0.4 is 4.90 Å². The molecule has 0 N–H and O–H groups in total. The van der Waals surface area contributed by atoms with Crippen LogP contribution in [0.15, 0.2) is 18.2 Å². The molecular formula is C13H17FN2. The molecule has 86 valence electrons. The molecule has 0 radical (unpaired) electrons. The summed E-state index contributed by atoms with van der Waals surface area (Å²) in [6.07, 6.45) is 2.14. The summed E-state index contributed by atoms with van der Waals surface area (Å²) in [6, 6.07) is 6.73. The molecule has 0 bridgehead atoms. The molecule has 16 heavy (non-hydrogen) atoms. The number of rotatable bonds is 5. The van der Waals surface area contributed by atoms with Crippen molar-refractivity contribution >= 4 is 5.69 Å². The molecule has 0 unspecified atom stereocenters. The second-order valence-electron chi connectivity index (χ2n) is 3.68. The largest absolute Gasteiger partial charge is 0.371 e. The molecular weight excluding hydrogens is 203 g/mol. The van der Waals surface area contributed by atoms with Gasteiger partial charge in [-0.2, -0.15) is 5.26 Å². The fourth-order valence-corrected chi connectivity index (χ4v) is 1.68. The van der Waals surface area contributed by atoms with Crippen molar-refractivity contribution in [2.75, 3.05) is 18.0 Å². The maximum atomic E-state index is 13.4. The molecule has 0 aliphatic carbocycles. The van der Waals surface area contributed by atoms with Gasteiger partial charge in [-0.05, 0) is 25.5 Å². The molecule has 0 heterocycles. The minimum atomic E-state index is -0.435. The number of halogens is 1. The predicted octanol–water partition coefficient (Wildman–Crippen LogP) is 3.32. The highest BCUT2D eigenvalue weighted by molar-refractivity contribution is 5.59. The topological polar surface area (TPSA) is 27.0 Å². The molecule has 0 saturated heterocycles. The lowest BCUT2D eigenvalue weighted by Crippen LogP contribution is -2.24. The normalized spacial score (nSPS) is 9.88. The molecule has 0 aliphatic rings. The average molecular weight is 220 g/mol. The van der Waals surface area contributed by atoms with E-state index in [9.17, 15) is 4.39 Å². The molecule has 0 spiro atoms. The molecule has 0 amide bonds. The average Bonchev–Trinajstić information content (AvgIpc) is 2.30. The van der Waals surface area contributed by atoms with Crippen LogP contribution in [0.25, 0.3) is 0 Å². The van der Waals surface area contributed by atoms with E-state index in [-0.39, 0.29) is 5.56 Å². The van der Waals surface area contributed by atoms with Crippen LogP contribution in [0.5, 0.6) is 0 Å². The molecule has 1 aromatic rings. The Labute approximate surface area is 96.3 Å². The SMILES string of the molecule is CCCCN(CC)c1cccc(F)c1C#N. The Balaban J connectivity index is 3.00. The third kappa shape index (κ3) is 2.73. The Morgan fingerprint density at radius 3 is 2.69 bits per heavy atom. The van der Waals surface area contributed by atoms with E-state index < -0.39 is 5.82 Å². The lowest BCUT2D eigenvalue weighted by molar-refractivity contribution is 0.621. The smallest absolute Gasteiger partial charge is 0.143 e. The number of anilines is 1. The second kappa shape index (κ2) is 6.12. The molecule has 1 rings (SSSR count). The van der Waals surface area contributed by atoms with Gasteiger partial charge in [-0.15, -0.1) is 0 Å². The van der Waals surface area contributed by atoms with Gasteiger partial charge in [0.05, 0.1) is 5.69 Å². The third-order valence-electron chi connectivity index (χ3n) is 2.61. The summed E-state index contributed by atoms with van der Waals surface area (Å²) in [5.74, 6) is -0.435. The van der Waals surface area contributed by atoms with Crippen LogP contribution in [0.3, 0.4) is 0 Å². The Morgan fingerprint density at radius 2 is 2.12 bits per heavy atom. The first-order chi connectivity index (χ1) is 7.74. The molecule has 2 nitrogen and oxygen atoms in total. The number of benzene rings is 1. The minimum Gasteiger partial charge on any atom is -0.371 e. The van der Waals surface area contributed by atoms with E-state index in [1.54, 1.807) is 12.1 Å². The number of unbranched alkanes of at least 4 members (excludes halogenated alkanes) is 1. The van der Waals surface area contributed by atoms with Crippen molar-refractivity contribution in [3.8, 4) is 6.07 Å². The van der Waals surface area contributed by atoms with Crippen molar-refractivity contribution in [1.82, 2.24) is 0 Å². The highest BCUT2D eigenvalue weighted by Crippen LogP contribution is 2.22. The van der Waals surface area contributed by atoms with Crippen LogP contribution in [0, 0.1) is 17.1 Å². The first kappa shape index (κ1) is 12.5. The van der Waals surface area contributed by atoms with Gasteiger partial charge in [0, 0.05) is 13.1 Å². The van der Waals surface area contributed by atoms with Crippen molar-refractivity contribution < 1.29 is 4.39 Å². The van der Waals surface area contributed by atoms with Gasteiger partial charge >= 0.3 is 0 Å². The van der Waals surface area contributed by atoms with Gasteiger partial charge in [0.25, 0.3) is 0 Å². The van der Waals surface area contributed by atoms with Crippen LogP contribution >= 0.6 is 0 Å². The molecule has 0 fully saturated rings. The van der Waals surface area contributed by atoms with Gasteiger partial charge in [-0.25, -0.2) is 4.39 Å². The standard InChI is InChI=1S/C13H17FN2/c1-3-5-9-16(4-2)13-8-6-7-12(14)11(13)10-15/h6-8H,3-5,9H2,1-2H3. The third-order valence-corrected chi connectivity index (χ3v) is 2.61. The Bertz CT molecular complexity index is 382. The molecule has 0 saturated carbocycles. The molecule has 0 aliphatic heterocycles. The zero-order chi connectivity index (χ0) is 12.0. The Hall–Kier alpha value is -1.56. The quantitative estimate of drug-likeness (QED) is 0.761. The number of nitriles is 1. The highest BCUT2D eigenvalue weighted by Gasteiger charge is 2.12. The summed E-state index contributed by atoms with van der Waals surface area (Å²) in [6.45, 7) is 5.79. The maximum absolute atomic E-state index is 13.4. The van der Waals surface area contributed by atoms with Crippen LogP contribution in [0.1, 0.15) is 32.3 Å².